The van der Waals surface area contributed by atoms with Crippen LogP contribution in [0.4, 0.5) is 5.69 Å². The number of fused-ring (bicyclic) bond motifs is 2. The summed E-state index contributed by atoms with van der Waals surface area (Å²) in [5.74, 6) is 0. The molecule has 0 radical (unpaired) electrons. The van der Waals surface area contributed by atoms with E-state index >= 15 is 0 Å². The van der Waals surface area contributed by atoms with E-state index < -0.39 is 4.92 Å². The van der Waals surface area contributed by atoms with Gasteiger partial charge in [-0.25, -0.2) is 9.97 Å². The molecule has 7 nitrogen and oxygen atoms in total. The van der Waals surface area contributed by atoms with Gasteiger partial charge in [0.1, 0.15) is 16.9 Å². The third kappa shape index (κ3) is 2.39. The summed E-state index contributed by atoms with van der Waals surface area (Å²) in [6.45, 7) is 0. The van der Waals surface area contributed by atoms with Crippen LogP contribution in [0.3, 0.4) is 0 Å². The van der Waals surface area contributed by atoms with Crippen molar-refractivity contribution < 1.29 is 4.92 Å². The lowest BCUT2D eigenvalue weighted by Gasteiger charge is -2.05. The minimum absolute atomic E-state index is 0.0380. The van der Waals surface area contributed by atoms with Crippen molar-refractivity contribution in [3.8, 4) is 0 Å². The van der Waals surface area contributed by atoms with E-state index in [1.165, 1.54) is 18.1 Å². The van der Waals surface area contributed by atoms with Crippen LogP contribution in [0.2, 0.25) is 0 Å². The third-order valence-corrected chi connectivity index (χ3v) is 4.87. The first-order valence-electron chi connectivity index (χ1n) is 6.51. The molecule has 2 aromatic heterocycles. The van der Waals surface area contributed by atoms with Gasteiger partial charge in [0.2, 0.25) is 0 Å². The van der Waals surface area contributed by atoms with Crippen LogP contribution in [0.15, 0.2) is 52.6 Å². The Labute approximate surface area is 137 Å². The Balaban J connectivity index is 1.89. The van der Waals surface area contributed by atoms with Gasteiger partial charge >= 0.3 is 5.69 Å². The van der Waals surface area contributed by atoms with E-state index in [2.05, 4.69) is 18.7 Å². The van der Waals surface area contributed by atoms with Crippen molar-refractivity contribution >= 4 is 51.1 Å². The average molecular weight is 341 g/mol. The monoisotopic (exact) mass is 341 g/mol. The fraction of sp³-hybridized carbons (Fsp3) is 0. The standard InChI is InChI=1S/C14H7N5O2S2/c20-19(21)13-11(6-5-10-12(13)18-23-17-10)22-14-8-3-1-2-4-9(8)15-7-16-14/h1-7H. The quantitative estimate of drug-likeness (QED) is 0.318. The van der Waals surface area contributed by atoms with Gasteiger partial charge in [-0.1, -0.05) is 30.0 Å². The first-order valence-corrected chi connectivity index (χ1v) is 8.06. The van der Waals surface area contributed by atoms with Crippen LogP contribution in [-0.4, -0.2) is 23.6 Å². The second kappa shape index (κ2) is 5.52. The molecule has 0 amide bonds. The van der Waals surface area contributed by atoms with Crippen LogP contribution in [0.25, 0.3) is 21.9 Å². The highest BCUT2D eigenvalue weighted by Crippen LogP contribution is 2.39. The predicted octanol–water partition coefficient (Wildman–Crippen LogP) is 3.69. The summed E-state index contributed by atoms with van der Waals surface area (Å²) < 4.78 is 8.10. The Bertz CT molecular complexity index is 1040. The molecule has 0 fully saturated rings. The number of aromatic nitrogens is 4. The third-order valence-electron chi connectivity index (χ3n) is 3.26. The van der Waals surface area contributed by atoms with Gasteiger partial charge < -0.3 is 0 Å². The number of para-hydroxylation sites is 1. The SMILES string of the molecule is O=[N+]([O-])c1c(Sc2ncnc3ccccc23)ccc2nsnc12. The summed E-state index contributed by atoms with van der Waals surface area (Å²) in [6.07, 6.45) is 1.46. The average Bonchev–Trinajstić information content (AvgIpc) is 3.03. The summed E-state index contributed by atoms with van der Waals surface area (Å²) in [5.41, 5.74) is 1.59. The van der Waals surface area contributed by atoms with E-state index in [9.17, 15) is 10.1 Å². The Kier molecular flexibility index (Phi) is 3.36. The van der Waals surface area contributed by atoms with Crippen molar-refractivity contribution in [2.75, 3.05) is 0 Å². The molecule has 4 aromatic rings. The molecule has 0 aliphatic carbocycles. The normalized spacial score (nSPS) is 11.1. The molecule has 0 N–H and O–H groups in total. The molecule has 0 bridgehead atoms. The zero-order valence-electron chi connectivity index (χ0n) is 11.4. The Morgan fingerprint density at radius 1 is 1.04 bits per heavy atom. The number of nitrogens with zero attached hydrogens (tertiary/aromatic N) is 5. The Morgan fingerprint density at radius 2 is 1.91 bits per heavy atom. The second-order valence-electron chi connectivity index (χ2n) is 4.60. The van der Waals surface area contributed by atoms with Crippen LogP contribution in [0.1, 0.15) is 0 Å². The van der Waals surface area contributed by atoms with Crippen molar-refractivity contribution in [1.82, 2.24) is 18.7 Å². The topological polar surface area (TPSA) is 94.7 Å². The van der Waals surface area contributed by atoms with Crippen LogP contribution in [-0.2, 0) is 0 Å². The lowest BCUT2D eigenvalue weighted by Crippen LogP contribution is -1.93. The van der Waals surface area contributed by atoms with Gasteiger partial charge in [-0.3, -0.25) is 10.1 Å². The largest absolute Gasteiger partial charge is 0.312 e. The van der Waals surface area contributed by atoms with E-state index in [-0.39, 0.29) is 5.69 Å². The maximum atomic E-state index is 11.5. The fourth-order valence-electron chi connectivity index (χ4n) is 2.24. The van der Waals surface area contributed by atoms with Gasteiger partial charge in [-0.2, -0.15) is 8.75 Å². The van der Waals surface area contributed by atoms with Gasteiger partial charge in [0, 0.05) is 5.39 Å². The number of hydrogen-bond donors (Lipinski definition) is 0. The van der Waals surface area contributed by atoms with Crippen molar-refractivity contribution in [3.63, 3.8) is 0 Å². The molecule has 0 aliphatic heterocycles. The molecule has 4 rings (SSSR count). The molecule has 0 unspecified atom stereocenters. The molecule has 2 heterocycles. The zero-order chi connectivity index (χ0) is 15.8. The van der Waals surface area contributed by atoms with Gasteiger partial charge in [-0.05, 0) is 18.2 Å². The van der Waals surface area contributed by atoms with Gasteiger partial charge in [0.25, 0.3) is 0 Å². The predicted molar refractivity (Wildman–Crippen MR) is 87.7 cm³/mol. The Morgan fingerprint density at radius 3 is 2.78 bits per heavy atom. The van der Waals surface area contributed by atoms with E-state index in [0.29, 0.717) is 21.0 Å². The van der Waals surface area contributed by atoms with Crippen molar-refractivity contribution in [2.24, 2.45) is 0 Å². The molecule has 112 valence electrons. The highest BCUT2D eigenvalue weighted by molar-refractivity contribution is 7.99. The Hall–Kier alpha value is -2.65. The van der Waals surface area contributed by atoms with E-state index in [4.69, 9.17) is 0 Å². The van der Waals surface area contributed by atoms with E-state index in [1.807, 2.05) is 24.3 Å². The lowest BCUT2D eigenvalue weighted by molar-refractivity contribution is -0.386. The number of benzene rings is 2. The maximum Gasteiger partial charge on any atom is 0.312 e. The van der Waals surface area contributed by atoms with E-state index in [1.54, 1.807) is 12.1 Å². The number of hydrogen-bond acceptors (Lipinski definition) is 8. The van der Waals surface area contributed by atoms with Gasteiger partial charge in [0.05, 0.1) is 27.1 Å². The lowest BCUT2D eigenvalue weighted by atomic mass is 10.2. The van der Waals surface area contributed by atoms with Crippen LogP contribution in [0, 0.1) is 10.1 Å². The molecule has 0 aliphatic rings. The molecule has 0 spiro atoms. The summed E-state index contributed by atoms with van der Waals surface area (Å²) in [5, 5.41) is 13.0. The molecule has 0 saturated carbocycles. The van der Waals surface area contributed by atoms with Crippen LogP contribution < -0.4 is 0 Å². The first-order chi connectivity index (χ1) is 11.2. The molecule has 9 heteroatoms. The minimum atomic E-state index is -0.421. The number of nitro benzene ring substituents is 1. The number of rotatable bonds is 3. The molecule has 0 saturated heterocycles. The van der Waals surface area contributed by atoms with Crippen molar-refractivity contribution in [2.45, 2.75) is 9.92 Å². The molecule has 0 atom stereocenters. The summed E-state index contributed by atoms with van der Waals surface area (Å²) >= 11 is 2.20. The zero-order valence-corrected chi connectivity index (χ0v) is 13.0. The molecular formula is C14H7N5O2S2. The van der Waals surface area contributed by atoms with Gasteiger partial charge in [0.15, 0.2) is 5.52 Å². The van der Waals surface area contributed by atoms with Crippen LogP contribution >= 0.6 is 23.5 Å². The molecular weight excluding hydrogens is 334 g/mol. The summed E-state index contributed by atoms with van der Waals surface area (Å²) in [7, 11) is 0. The summed E-state index contributed by atoms with van der Waals surface area (Å²) in [6, 6.07) is 11.0. The van der Waals surface area contributed by atoms with Crippen molar-refractivity contribution in [3.05, 3.63) is 52.8 Å². The highest BCUT2D eigenvalue weighted by Gasteiger charge is 2.23. The maximum absolute atomic E-state index is 11.5. The highest BCUT2D eigenvalue weighted by atomic mass is 32.2. The van der Waals surface area contributed by atoms with Crippen molar-refractivity contribution in [1.29, 1.82) is 0 Å². The minimum Gasteiger partial charge on any atom is -0.258 e. The first kappa shape index (κ1) is 14.0. The number of nitro groups is 1. The molecule has 23 heavy (non-hydrogen) atoms. The summed E-state index contributed by atoms with van der Waals surface area (Å²) in [4.78, 5) is 20.0. The fourth-order valence-corrected chi connectivity index (χ4v) is 3.78. The van der Waals surface area contributed by atoms with E-state index in [0.717, 1.165) is 22.6 Å². The molecule has 2 aromatic carbocycles. The van der Waals surface area contributed by atoms with Gasteiger partial charge in [-0.15, -0.1) is 0 Å². The van der Waals surface area contributed by atoms with Crippen LogP contribution in [0.5, 0.6) is 0 Å². The second-order valence-corrected chi connectivity index (χ2v) is 6.16. The smallest absolute Gasteiger partial charge is 0.258 e.